The molecule has 0 bridgehead atoms. The molecule has 0 aromatic heterocycles. The molecule has 3 heteroatoms. The van der Waals surface area contributed by atoms with E-state index in [1.807, 2.05) is 38.1 Å². The summed E-state index contributed by atoms with van der Waals surface area (Å²) in [5.74, 6) is 1.04. The molecule has 2 aromatic carbocycles. The van der Waals surface area contributed by atoms with Gasteiger partial charge in [0.2, 0.25) is 0 Å². The van der Waals surface area contributed by atoms with Crippen molar-refractivity contribution in [2.24, 2.45) is 0 Å². The molecule has 1 amide bonds. The number of hydrogen-bond acceptors (Lipinski definition) is 2. The third-order valence-electron chi connectivity index (χ3n) is 4.18. The fraction of sp³-hybridized carbons (Fsp3) is 0.381. The minimum absolute atomic E-state index is 0.0272. The molecule has 0 radical (unpaired) electrons. The molecule has 0 spiro atoms. The number of hydrogen-bond donors (Lipinski definition) is 1. The third-order valence-corrected chi connectivity index (χ3v) is 4.18. The largest absolute Gasteiger partial charge is 0.483 e. The molecule has 0 saturated carbocycles. The summed E-state index contributed by atoms with van der Waals surface area (Å²) in [4.78, 5) is 12.2. The van der Waals surface area contributed by atoms with Crippen LogP contribution < -0.4 is 10.1 Å². The normalized spacial score (nSPS) is 12.1. The molecular weight excluding hydrogens is 298 g/mol. The van der Waals surface area contributed by atoms with Crippen LogP contribution in [0, 0.1) is 13.8 Å². The maximum Gasteiger partial charge on any atom is 0.258 e. The van der Waals surface area contributed by atoms with Crippen LogP contribution in [0.3, 0.4) is 0 Å². The van der Waals surface area contributed by atoms with Crippen LogP contribution in [0.15, 0.2) is 42.5 Å². The Labute approximate surface area is 145 Å². The molecule has 0 aliphatic heterocycles. The first-order chi connectivity index (χ1) is 11.4. The van der Waals surface area contributed by atoms with Crippen LogP contribution in [0.5, 0.6) is 5.75 Å². The van der Waals surface area contributed by atoms with Crippen LogP contribution in [-0.2, 0) is 4.79 Å². The van der Waals surface area contributed by atoms with Crippen LogP contribution in [0.25, 0.3) is 0 Å². The molecule has 0 saturated heterocycles. The third kappa shape index (κ3) is 4.60. The van der Waals surface area contributed by atoms with Crippen molar-refractivity contribution >= 4 is 5.91 Å². The van der Waals surface area contributed by atoms with Gasteiger partial charge in [-0.25, -0.2) is 0 Å². The van der Waals surface area contributed by atoms with Gasteiger partial charge in [-0.3, -0.25) is 4.79 Å². The van der Waals surface area contributed by atoms with Crippen molar-refractivity contribution in [2.75, 3.05) is 6.61 Å². The lowest BCUT2D eigenvalue weighted by atomic mass is 10.0. The lowest BCUT2D eigenvalue weighted by Crippen LogP contribution is -2.31. The second kappa shape index (κ2) is 8.00. The summed E-state index contributed by atoms with van der Waals surface area (Å²) in [6.07, 6.45) is 0. The average molecular weight is 325 g/mol. The van der Waals surface area contributed by atoms with Gasteiger partial charge in [0.1, 0.15) is 5.75 Å². The van der Waals surface area contributed by atoms with E-state index in [2.05, 4.69) is 44.3 Å². The van der Waals surface area contributed by atoms with E-state index in [1.165, 1.54) is 5.56 Å². The Morgan fingerprint density at radius 2 is 1.75 bits per heavy atom. The summed E-state index contributed by atoms with van der Waals surface area (Å²) in [5, 5.41) is 3.01. The number of ether oxygens (including phenoxy) is 1. The highest BCUT2D eigenvalue weighted by atomic mass is 16.5. The quantitative estimate of drug-likeness (QED) is 0.837. The van der Waals surface area contributed by atoms with Crippen LogP contribution >= 0.6 is 0 Å². The van der Waals surface area contributed by atoms with Gasteiger partial charge in [-0.15, -0.1) is 0 Å². The number of carbonyl (C=O) groups excluding carboxylic acids is 1. The van der Waals surface area contributed by atoms with E-state index in [0.717, 1.165) is 22.4 Å². The van der Waals surface area contributed by atoms with Crippen LogP contribution in [0.1, 0.15) is 55.0 Å². The summed E-state index contributed by atoms with van der Waals surface area (Å²) in [6, 6.07) is 14.2. The van der Waals surface area contributed by atoms with Gasteiger partial charge in [0.25, 0.3) is 5.91 Å². The molecule has 24 heavy (non-hydrogen) atoms. The number of rotatable bonds is 6. The predicted octanol–water partition coefficient (Wildman–Crippen LogP) is 4.68. The second-order valence-electron chi connectivity index (χ2n) is 6.63. The van der Waals surface area contributed by atoms with E-state index in [-0.39, 0.29) is 18.6 Å². The van der Waals surface area contributed by atoms with Gasteiger partial charge in [-0.05, 0) is 55.0 Å². The zero-order valence-corrected chi connectivity index (χ0v) is 15.2. The molecule has 2 aromatic rings. The Bertz CT molecular complexity index is 707. The molecule has 1 atom stereocenters. The first-order valence-electron chi connectivity index (χ1n) is 8.46. The molecule has 2 rings (SSSR count). The van der Waals surface area contributed by atoms with E-state index >= 15 is 0 Å². The highest BCUT2D eigenvalue weighted by Crippen LogP contribution is 2.27. The van der Waals surface area contributed by atoms with E-state index in [9.17, 15) is 4.79 Å². The van der Waals surface area contributed by atoms with Crippen molar-refractivity contribution in [3.63, 3.8) is 0 Å². The second-order valence-corrected chi connectivity index (χ2v) is 6.63. The lowest BCUT2D eigenvalue weighted by Gasteiger charge is -2.18. The van der Waals surface area contributed by atoms with Crippen molar-refractivity contribution in [1.82, 2.24) is 5.32 Å². The van der Waals surface area contributed by atoms with Gasteiger partial charge in [0.15, 0.2) is 6.61 Å². The van der Waals surface area contributed by atoms with Crippen molar-refractivity contribution in [3.05, 3.63) is 64.7 Å². The first-order valence-corrected chi connectivity index (χ1v) is 8.46. The van der Waals surface area contributed by atoms with Gasteiger partial charge in [0, 0.05) is 0 Å². The standard InChI is InChI=1S/C21H27NO2/c1-14(2)18-11-10-15(3)12-20(18)24-13-21(23)22-17(5)19-9-7-6-8-16(19)4/h6-12,14,17H,13H2,1-5H3,(H,22,23)/t17-/m0/s1. The van der Waals surface area contributed by atoms with E-state index in [1.54, 1.807) is 0 Å². The Kier molecular flexibility index (Phi) is 6.02. The van der Waals surface area contributed by atoms with Gasteiger partial charge >= 0.3 is 0 Å². The molecule has 0 heterocycles. The fourth-order valence-electron chi connectivity index (χ4n) is 2.82. The van der Waals surface area contributed by atoms with Crippen LogP contribution in [-0.4, -0.2) is 12.5 Å². The van der Waals surface area contributed by atoms with Gasteiger partial charge < -0.3 is 10.1 Å². The molecule has 0 unspecified atom stereocenters. The topological polar surface area (TPSA) is 38.3 Å². The average Bonchev–Trinajstić information content (AvgIpc) is 2.53. The minimum atomic E-state index is -0.109. The van der Waals surface area contributed by atoms with Crippen molar-refractivity contribution in [3.8, 4) is 5.75 Å². The predicted molar refractivity (Wildman–Crippen MR) is 98.5 cm³/mol. The summed E-state index contributed by atoms with van der Waals surface area (Å²) in [7, 11) is 0. The van der Waals surface area contributed by atoms with Crippen LogP contribution in [0.2, 0.25) is 0 Å². The first kappa shape index (κ1) is 18.1. The molecule has 1 N–H and O–H groups in total. The van der Waals surface area contributed by atoms with E-state index < -0.39 is 0 Å². The maximum absolute atomic E-state index is 12.2. The number of aryl methyl sites for hydroxylation is 2. The van der Waals surface area contributed by atoms with E-state index in [0.29, 0.717) is 5.92 Å². The Balaban J connectivity index is 1.99. The number of nitrogens with one attached hydrogen (secondary N) is 1. The Morgan fingerprint density at radius 1 is 1.04 bits per heavy atom. The SMILES string of the molecule is Cc1ccc(C(C)C)c(OCC(=O)N[C@@H](C)c2ccccc2C)c1. The molecule has 0 aliphatic rings. The highest BCUT2D eigenvalue weighted by Gasteiger charge is 2.13. The zero-order chi connectivity index (χ0) is 17.7. The minimum Gasteiger partial charge on any atom is -0.483 e. The van der Waals surface area contributed by atoms with Crippen molar-refractivity contribution in [1.29, 1.82) is 0 Å². The van der Waals surface area contributed by atoms with Crippen LogP contribution in [0.4, 0.5) is 0 Å². The molecular formula is C21H27NO2. The number of carbonyl (C=O) groups is 1. The summed E-state index contributed by atoms with van der Waals surface area (Å²) >= 11 is 0. The maximum atomic E-state index is 12.2. The molecule has 3 nitrogen and oxygen atoms in total. The summed E-state index contributed by atoms with van der Waals surface area (Å²) < 4.78 is 5.80. The molecule has 128 valence electrons. The fourth-order valence-corrected chi connectivity index (χ4v) is 2.82. The monoisotopic (exact) mass is 325 g/mol. The van der Waals surface area contributed by atoms with Gasteiger partial charge in [0.05, 0.1) is 6.04 Å². The Morgan fingerprint density at radius 3 is 2.42 bits per heavy atom. The van der Waals surface area contributed by atoms with Crippen molar-refractivity contribution in [2.45, 2.75) is 46.6 Å². The number of benzene rings is 2. The van der Waals surface area contributed by atoms with Crippen molar-refractivity contribution < 1.29 is 9.53 Å². The summed E-state index contributed by atoms with van der Waals surface area (Å²) in [5.41, 5.74) is 4.56. The smallest absolute Gasteiger partial charge is 0.258 e. The zero-order valence-electron chi connectivity index (χ0n) is 15.2. The highest BCUT2D eigenvalue weighted by molar-refractivity contribution is 5.78. The van der Waals surface area contributed by atoms with Gasteiger partial charge in [-0.1, -0.05) is 50.2 Å². The molecule has 0 aliphatic carbocycles. The van der Waals surface area contributed by atoms with E-state index in [4.69, 9.17) is 4.74 Å². The number of amides is 1. The molecule has 0 fully saturated rings. The van der Waals surface area contributed by atoms with Gasteiger partial charge in [-0.2, -0.15) is 0 Å². The summed E-state index contributed by atoms with van der Waals surface area (Å²) in [6.45, 7) is 10.3. The lowest BCUT2D eigenvalue weighted by molar-refractivity contribution is -0.123. The Hall–Kier alpha value is -2.29.